The molecule has 2 N–H and O–H groups in total. The second-order valence-electron chi connectivity index (χ2n) is 9.18. The zero-order valence-corrected chi connectivity index (χ0v) is 20.5. The van der Waals surface area contributed by atoms with E-state index in [1.54, 1.807) is 12.4 Å². The second kappa shape index (κ2) is 8.53. The fourth-order valence-corrected chi connectivity index (χ4v) is 5.73. The van der Waals surface area contributed by atoms with Crippen molar-refractivity contribution in [3.8, 4) is 17.3 Å². The fraction of sp³-hybridized carbons (Fsp3) is 0.375. The lowest BCUT2D eigenvalue weighted by Crippen LogP contribution is -2.33. The van der Waals surface area contributed by atoms with E-state index in [2.05, 4.69) is 37.0 Å². The van der Waals surface area contributed by atoms with E-state index in [9.17, 15) is 0 Å². The van der Waals surface area contributed by atoms with Crippen molar-refractivity contribution in [2.45, 2.75) is 38.6 Å². The molecule has 5 heterocycles. The van der Waals surface area contributed by atoms with Gasteiger partial charge in [0.15, 0.2) is 5.82 Å². The van der Waals surface area contributed by atoms with E-state index in [-0.39, 0.29) is 6.10 Å². The Hall–Kier alpha value is -2.65. The molecule has 4 aromatic rings. The van der Waals surface area contributed by atoms with Gasteiger partial charge in [-0.1, -0.05) is 23.2 Å². The van der Waals surface area contributed by atoms with Gasteiger partial charge >= 0.3 is 0 Å². The smallest absolute Gasteiger partial charge is 0.159 e. The van der Waals surface area contributed by atoms with Crippen molar-refractivity contribution in [1.82, 2.24) is 34.9 Å². The molecule has 1 fully saturated rings. The van der Waals surface area contributed by atoms with Crippen LogP contribution in [-0.4, -0.2) is 61.1 Å². The van der Waals surface area contributed by atoms with Crippen molar-refractivity contribution in [3.63, 3.8) is 0 Å². The lowest BCUT2D eigenvalue weighted by Gasteiger charge is -2.22. The van der Waals surface area contributed by atoms with Crippen LogP contribution >= 0.6 is 23.2 Å². The third-order valence-corrected chi connectivity index (χ3v) is 7.43. The van der Waals surface area contributed by atoms with Crippen LogP contribution in [0.2, 0.25) is 10.0 Å². The largest absolute Gasteiger partial charge is 0.486 e. The van der Waals surface area contributed by atoms with Crippen LogP contribution in [0.25, 0.3) is 22.4 Å². The molecule has 176 valence electrons. The molecule has 0 saturated carbocycles. The highest BCUT2D eigenvalue weighted by Crippen LogP contribution is 2.35. The summed E-state index contributed by atoms with van der Waals surface area (Å²) < 4.78 is 6.19. The number of aromatic amines is 2. The Balaban J connectivity index is 1.24. The van der Waals surface area contributed by atoms with Crippen molar-refractivity contribution in [2.24, 2.45) is 0 Å². The molecule has 1 aromatic carbocycles. The summed E-state index contributed by atoms with van der Waals surface area (Å²) in [7, 11) is 2.19. The van der Waals surface area contributed by atoms with Gasteiger partial charge in [-0.3, -0.25) is 15.0 Å². The van der Waals surface area contributed by atoms with Crippen molar-refractivity contribution < 1.29 is 4.74 Å². The van der Waals surface area contributed by atoms with Crippen LogP contribution in [0, 0.1) is 0 Å². The highest BCUT2D eigenvalue weighted by atomic mass is 35.5. The maximum absolute atomic E-state index is 6.31. The number of benzene rings is 1. The minimum atomic E-state index is -0.344. The summed E-state index contributed by atoms with van der Waals surface area (Å²) in [4.78, 5) is 17.4. The first-order valence-corrected chi connectivity index (χ1v) is 12.2. The first-order chi connectivity index (χ1) is 16.5. The van der Waals surface area contributed by atoms with Gasteiger partial charge in [-0.2, -0.15) is 5.10 Å². The highest BCUT2D eigenvalue weighted by Gasteiger charge is 2.32. The zero-order valence-electron chi connectivity index (χ0n) is 19.0. The maximum atomic E-state index is 6.31. The first kappa shape index (κ1) is 21.9. The van der Waals surface area contributed by atoms with Gasteiger partial charge in [0.1, 0.15) is 17.5 Å². The van der Waals surface area contributed by atoms with Crippen LogP contribution in [0.15, 0.2) is 30.6 Å². The van der Waals surface area contributed by atoms with E-state index in [1.807, 2.05) is 25.1 Å². The predicted molar refractivity (Wildman–Crippen MR) is 132 cm³/mol. The van der Waals surface area contributed by atoms with Gasteiger partial charge in [0.2, 0.25) is 0 Å². The first-order valence-electron chi connectivity index (χ1n) is 11.4. The average Bonchev–Trinajstić information content (AvgIpc) is 3.55. The van der Waals surface area contributed by atoms with Crippen molar-refractivity contribution in [2.75, 3.05) is 20.1 Å². The van der Waals surface area contributed by atoms with Gasteiger partial charge in [-0.25, -0.2) is 4.98 Å². The summed E-state index contributed by atoms with van der Waals surface area (Å²) in [5.41, 5.74) is 4.72. The molecule has 0 radical (unpaired) electrons. The number of nitrogens with zero attached hydrogens (tertiary/aromatic N) is 5. The minimum Gasteiger partial charge on any atom is -0.486 e. The standard InChI is InChI=1S/C24H25Cl2N7O/c1-13(22-17(25)8-27-9-18(22)26)34-15-3-4-19-16(7-15)23(31-30-19)24-28-20-11-33(12-21(20)29-24)14-5-6-32(2)10-14/h3-4,7-9,13-14H,5-6,10-12H2,1-2H3,(H,28,29)(H,30,31)/t13-,14?/m1/s1. The number of hydrogen-bond donors (Lipinski definition) is 2. The number of imidazole rings is 1. The summed E-state index contributed by atoms with van der Waals surface area (Å²) in [6, 6.07) is 6.44. The lowest BCUT2D eigenvalue weighted by atomic mass is 10.1. The number of likely N-dealkylation sites (N-methyl/N-ethyl adjacent to an activating group) is 1. The number of aromatic nitrogens is 5. The van der Waals surface area contributed by atoms with Gasteiger partial charge in [0.25, 0.3) is 0 Å². The summed E-state index contributed by atoms with van der Waals surface area (Å²) in [5.74, 6) is 1.48. The lowest BCUT2D eigenvalue weighted by molar-refractivity contribution is 0.198. The van der Waals surface area contributed by atoms with Crippen LogP contribution in [0.3, 0.4) is 0 Å². The molecule has 0 spiro atoms. The Bertz CT molecular complexity index is 1320. The van der Waals surface area contributed by atoms with Gasteiger partial charge < -0.3 is 14.6 Å². The second-order valence-corrected chi connectivity index (χ2v) is 9.99. The minimum absolute atomic E-state index is 0.344. The Morgan fingerprint density at radius 2 is 2.00 bits per heavy atom. The molecule has 10 heteroatoms. The number of halogens is 2. The number of hydrogen-bond acceptors (Lipinski definition) is 6. The molecule has 6 rings (SSSR count). The van der Waals surface area contributed by atoms with E-state index in [0.717, 1.165) is 54.3 Å². The van der Waals surface area contributed by atoms with Gasteiger partial charge in [-0.15, -0.1) is 0 Å². The number of likely N-dealkylation sites (tertiary alicyclic amines) is 1. The maximum Gasteiger partial charge on any atom is 0.159 e. The Labute approximate surface area is 207 Å². The molecule has 0 amide bonds. The monoisotopic (exact) mass is 497 g/mol. The molecular formula is C24H25Cl2N7O. The average molecular weight is 498 g/mol. The van der Waals surface area contributed by atoms with Crippen molar-refractivity contribution >= 4 is 34.1 Å². The normalized spacial score (nSPS) is 19.7. The third kappa shape index (κ3) is 3.84. The van der Waals surface area contributed by atoms with E-state index in [4.69, 9.17) is 32.9 Å². The number of nitrogens with one attached hydrogen (secondary N) is 2. The zero-order chi connectivity index (χ0) is 23.4. The molecular weight excluding hydrogens is 473 g/mol. The molecule has 3 aromatic heterocycles. The Morgan fingerprint density at radius 3 is 2.74 bits per heavy atom. The van der Waals surface area contributed by atoms with Crippen LogP contribution in [0.5, 0.6) is 5.75 Å². The topological polar surface area (TPSA) is 86.0 Å². The van der Waals surface area contributed by atoms with Gasteiger partial charge in [0, 0.05) is 49.0 Å². The number of H-pyrrole nitrogens is 2. The molecule has 34 heavy (non-hydrogen) atoms. The van der Waals surface area contributed by atoms with Crippen LogP contribution in [-0.2, 0) is 13.1 Å². The SMILES string of the molecule is C[C@@H](Oc1ccc2[nH]nc(-c3nc4c([nH]3)CN(C3CCN(C)C3)C4)c2c1)c1c(Cl)cncc1Cl. The van der Waals surface area contributed by atoms with Crippen LogP contribution in [0.1, 0.15) is 36.4 Å². The summed E-state index contributed by atoms with van der Waals surface area (Å²) in [6.45, 7) is 5.99. The van der Waals surface area contributed by atoms with Crippen molar-refractivity contribution in [1.29, 1.82) is 0 Å². The third-order valence-electron chi connectivity index (χ3n) is 6.83. The van der Waals surface area contributed by atoms with E-state index >= 15 is 0 Å². The van der Waals surface area contributed by atoms with Gasteiger partial charge in [-0.05, 0) is 45.1 Å². The molecule has 1 saturated heterocycles. The molecule has 2 aliphatic heterocycles. The van der Waals surface area contributed by atoms with Gasteiger partial charge in [0.05, 0.1) is 26.9 Å². The Morgan fingerprint density at radius 1 is 1.18 bits per heavy atom. The Kier molecular flexibility index (Phi) is 5.49. The summed E-state index contributed by atoms with van der Waals surface area (Å²) in [5, 5.41) is 9.56. The summed E-state index contributed by atoms with van der Waals surface area (Å²) >= 11 is 12.6. The van der Waals surface area contributed by atoms with Crippen LogP contribution < -0.4 is 4.74 Å². The molecule has 0 bridgehead atoms. The molecule has 0 aliphatic carbocycles. The number of ether oxygens (including phenoxy) is 1. The van der Waals surface area contributed by atoms with E-state index < -0.39 is 0 Å². The molecule has 8 nitrogen and oxygen atoms in total. The molecule has 2 atom stereocenters. The molecule has 1 unspecified atom stereocenters. The van der Waals surface area contributed by atoms with Crippen LogP contribution in [0.4, 0.5) is 0 Å². The van der Waals surface area contributed by atoms with E-state index in [0.29, 0.717) is 27.4 Å². The molecule has 2 aliphatic rings. The predicted octanol–water partition coefficient (Wildman–Crippen LogP) is 4.81. The quantitative estimate of drug-likeness (QED) is 0.411. The summed E-state index contributed by atoms with van der Waals surface area (Å²) in [6.07, 6.45) is 4.02. The highest BCUT2D eigenvalue weighted by molar-refractivity contribution is 6.35. The number of fused-ring (bicyclic) bond motifs is 2. The number of pyridine rings is 1. The van der Waals surface area contributed by atoms with Crippen molar-refractivity contribution in [3.05, 3.63) is 57.6 Å². The fourth-order valence-electron chi connectivity index (χ4n) is 5.06. The van der Waals surface area contributed by atoms with E-state index in [1.165, 1.54) is 12.1 Å². The number of rotatable bonds is 5.